The summed E-state index contributed by atoms with van der Waals surface area (Å²) in [6.45, 7) is 16.7. The van der Waals surface area contributed by atoms with Crippen molar-refractivity contribution in [1.82, 2.24) is 4.90 Å². The van der Waals surface area contributed by atoms with E-state index in [4.69, 9.17) is 11.6 Å². The number of allylic oxidation sites excluding steroid dienone is 3. The molecule has 0 aliphatic heterocycles. The monoisotopic (exact) mass is 599 g/mol. The van der Waals surface area contributed by atoms with Crippen molar-refractivity contribution >= 4 is 28.6 Å². The predicted molar refractivity (Wildman–Crippen MR) is 191 cm³/mol. The van der Waals surface area contributed by atoms with E-state index in [-0.39, 0.29) is 0 Å². The lowest BCUT2D eigenvalue weighted by molar-refractivity contribution is 0.460. The quantitative estimate of drug-likeness (QED) is 0.132. The molecule has 3 nitrogen and oxygen atoms in total. The van der Waals surface area contributed by atoms with Crippen LogP contribution in [-0.2, 0) is 5.41 Å². The van der Waals surface area contributed by atoms with E-state index in [1.54, 1.807) is 0 Å². The van der Waals surface area contributed by atoms with E-state index in [1.807, 2.05) is 69.6 Å². The summed E-state index contributed by atoms with van der Waals surface area (Å²) in [5.41, 5.74) is 11.4. The van der Waals surface area contributed by atoms with E-state index >= 15 is 0 Å². The minimum atomic E-state index is -0.483. The molecule has 4 aromatic carbocycles. The number of nitrogens with zero attached hydrogens (tertiary/aromatic N) is 3. The maximum absolute atomic E-state index is 6.34. The van der Waals surface area contributed by atoms with Crippen molar-refractivity contribution < 1.29 is 0 Å². The van der Waals surface area contributed by atoms with Crippen LogP contribution in [0.4, 0.5) is 0 Å². The predicted octanol–water partition coefficient (Wildman–Crippen LogP) is 10.6. The second-order valence-electron chi connectivity index (χ2n) is 11.3. The first-order valence-corrected chi connectivity index (χ1v) is 15.3. The van der Waals surface area contributed by atoms with Crippen LogP contribution in [0.3, 0.4) is 0 Å². The maximum Gasteiger partial charge on any atom is 0.0671 e. The van der Waals surface area contributed by atoms with Crippen LogP contribution in [0.25, 0.3) is 5.57 Å². The van der Waals surface area contributed by atoms with Crippen LogP contribution in [-0.4, -0.2) is 23.4 Å². The Morgan fingerprint density at radius 1 is 0.818 bits per heavy atom. The number of likely N-dealkylation sites (N-methyl/N-ethyl adjacent to an activating group) is 1. The van der Waals surface area contributed by atoms with Gasteiger partial charge in [0.15, 0.2) is 0 Å². The minimum absolute atomic E-state index is 0.483. The Balaban J connectivity index is 1.94. The molecular weight excluding hydrogens is 558 g/mol. The molecule has 0 saturated carbocycles. The third-order valence-electron chi connectivity index (χ3n) is 8.20. The minimum Gasteiger partial charge on any atom is -0.354 e. The number of benzene rings is 4. The molecule has 0 spiro atoms. The van der Waals surface area contributed by atoms with Crippen molar-refractivity contribution in [2.75, 3.05) is 7.05 Å². The van der Waals surface area contributed by atoms with Gasteiger partial charge >= 0.3 is 0 Å². The summed E-state index contributed by atoms with van der Waals surface area (Å²) in [6, 6.07) is 33.7. The number of hydrogen-bond donors (Lipinski definition) is 0. The molecule has 0 aliphatic rings. The molecule has 44 heavy (non-hydrogen) atoms. The van der Waals surface area contributed by atoms with E-state index in [0.29, 0.717) is 5.02 Å². The van der Waals surface area contributed by atoms with Crippen molar-refractivity contribution in [2.45, 2.75) is 47.0 Å². The first-order valence-electron chi connectivity index (χ1n) is 14.9. The van der Waals surface area contributed by atoms with Crippen molar-refractivity contribution in [3.8, 4) is 0 Å². The molecule has 0 aliphatic carbocycles. The van der Waals surface area contributed by atoms with E-state index in [0.717, 1.165) is 50.5 Å². The molecule has 0 saturated heterocycles. The van der Waals surface area contributed by atoms with Gasteiger partial charge in [0, 0.05) is 17.8 Å². The van der Waals surface area contributed by atoms with E-state index in [2.05, 4.69) is 116 Å². The lowest BCUT2D eigenvalue weighted by Gasteiger charge is -2.38. The van der Waals surface area contributed by atoms with Gasteiger partial charge in [-0.1, -0.05) is 109 Å². The smallest absolute Gasteiger partial charge is 0.0671 e. The van der Waals surface area contributed by atoms with Gasteiger partial charge in [0.1, 0.15) is 0 Å². The summed E-state index contributed by atoms with van der Waals surface area (Å²) in [4.78, 5) is 2.09. The molecule has 4 heteroatoms. The summed E-state index contributed by atoms with van der Waals surface area (Å²) in [7, 11) is 2.04. The highest BCUT2D eigenvalue weighted by atomic mass is 35.5. The number of hydrogen-bond acceptors (Lipinski definition) is 3. The van der Waals surface area contributed by atoms with Crippen molar-refractivity contribution in [1.29, 1.82) is 0 Å². The third kappa shape index (κ3) is 7.18. The Bertz CT molecular complexity index is 1740. The SMILES string of the molecule is C=CN(C)/C(=C\C)C(C)(c1ccc(Cl)cc1)c1ccc(C)c(\C(=C/C(C)=N/N=C(\C)c2ccccc2)c2cccc(C)c2)c1. The summed E-state index contributed by atoms with van der Waals surface area (Å²) in [6.07, 6.45) is 6.17. The second kappa shape index (κ2) is 14.3. The summed E-state index contributed by atoms with van der Waals surface area (Å²) >= 11 is 6.34. The molecular formula is C40H42ClN3. The number of halogens is 1. The Hall–Kier alpha value is -4.47. The van der Waals surface area contributed by atoms with Gasteiger partial charge in [-0.2, -0.15) is 10.2 Å². The van der Waals surface area contributed by atoms with Gasteiger partial charge < -0.3 is 4.90 Å². The Morgan fingerprint density at radius 2 is 1.48 bits per heavy atom. The van der Waals surface area contributed by atoms with Crippen LogP contribution in [0.15, 0.2) is 138 Å². The first kappa shape index (κ1) is 32.4. The highest BCUT2D eigenvalue weighted by Gasteiger charge is 2.35. The van der Waals surface area contributed by atoms with Crippen LogP contribution in [0.1, 0.15) is 66.6 Å². The Morgan fingerprint density at radius 3 is 2.11 bits per heavy atom. The molecule has 0 fully saturated rings. The van der Waals surface area contributed by atoms with Gasteiger partial charge in [0.05, 0.1) is 16.8 Å². The molecule has 0 aromatic heterocycles. The number of rotatable bonds is 10. The standard InChI is InChI=1S/C40H42ClN3/c1-9-39(44(8)10-2)40(7,34-21-23-36(41)24-22-34)35-20-19-29(4)37(27-35)38(33-18-14-15-28(3)25-33)26-30(5)42-43-31(6)32-16-12-11-13-17-32/h9-27H,2H2,1,3-8H3/b38-26-,39-9-,42-30+,43-31+. The molecule has 0 N–H and O–H groups in total. The zero-order valence-electron chi connectivity index (χ0n) is 26.9. The van der Waals surface area contributed by atoms with Gasteiger partial charge in [-0.3, -0.25) is 0 Å². The van der Waals surface area contributed by atoms with Crippen LogP contribution in [0, 0.1) is 13.8 Å². The zero-order valence-corrected chi connectivity index (χ0v) is 27.7. The van der Waals surface area contributed by atoms with E-state index < -0.39 is 5.41 Å². The fourth-order valence-corrected chi connectivity index (χ4v) is 5.80. The van der Waals surface area contributed by atoms with Crippen LogP contribution in [0.2, 0.25) is 5.02 Å². The zero-order chi connectivity index (χ0) is 31.9. The van der Waals surface area contributed by atoms with E-state index in [9.17, 15) is 0 Å². The Kier molecular flexibility index (Phi) is 10.6. The maximum atomic E-state index is 6.34. The van der Waals surface area contributed by atoms with Crippen molar-refractivity contribution in [3.63, 3.8) is 0 Å². The molecule has 1 unspecified atom stereocenters. The second-order valence-corrected chi connectivity index (χ2v) is 11.8. The highest BCUT2D eigenvalue weighted by Crippen LogP contribution is 2.42. The van der Waals surface area contributed by atoms with Gasteiger partial charge in [-0.15, -0.1) is 0 Å². The lowest BCUT2D eigenvalue weighted by atomic mass is 9.72. The highest BCUT2D eigenvalue weighted by molar-refractivity contribution is 6.30. The molecule has 0 amide bonds. The Labute approximate surface area is 268 Å². The first-order chi connectivity index (χ1) is 21.1. The van der Waals surface area contributed by atoms with Gasteiger partial charge in [0.2, 0.25) is 0 Å². The van der Waals surface area contributed by atoms with Crippen molar-refractivity contribution in [2.24, 2.45) is 10.2 Å². The fourth-order valence-electron chi connectivity index (χ4n) is 5.67. The molecule has 224 valence electrons. The topological polar surface area (TPSA) is 28.0 Å². The molecule has 0 radical (unpaired) electrons. The summed E-state index contributed by atoms with van der Waals surface area (Å²) < 4.78 is 0. The molecule has 4 rings (SSSR count). The van der Waals surface area contributed by atoms with Crippen LogP contribution < -0.4 is 0 Å². The molecule has 0 bridgehead atoms. The molecule has 0 heterocycles. The van der Waals surface area contributed by atoms with Crippen LogP contribution >= 0.6 is 11.6 Å². The third-order valence-corrected chi connectivity index (χ3v) is 8.45. The normalized spacial score (nSPS) is 14.3. The molecule has 1 atom stereocenters. The summed E-state index contributed by atoms with van der Waals surface area (Å²) in [5, 5.41) is 9.92. The van der Waals surface area contributed by atoms with E-state index in [1.165, 1.54) is 11.1 Å². The van der Waals surface area contributed by atoms with Crippen molar-refractivity contribution in [3.05, 3.63) is 172 Å². The molecule has 4 aromatic rings. The average Bonchev–Trinajstić information content (AvgIpc) is 3.03. The van der Waals surface area contributed by atoms with Gasteiger partial charge in [0.25, 0.3) is 0 Å². The van der Waals surface area contributed by atoms with Gasteiger partial charge in [-0.05, 0) is 111 Å². The fraction of sp³-hybridized carbons (Fsp3) is 0.200. The average molecular weight is 600 g/mol. The summed E-state index contributed by atoms with van der Waals surface area (Å²) in [5.74, 6) is 0. The van der Waals surface area contributed by atoms with Gasteiger partial charge in [-0.25, -0.2) is 0 Å². The van der Waals surface area contributed by atoms with Crippen LogP contribution in [0.5, 0.6) is 0 Å². The largest absolute Gasteiger partial charge is 0.354 e. The lowest BCUT2D eigenvalue weighted by Crippen LogP contribution is -2.33. The number of aryl methyl sites for hydroxylation is 2.